The second kappa shape index (κ2) is 4.07. The molecule has 0 amide bonds. The van der Waals surface area contributed by atoms with Crippen molar-refractivity contribution in [2.75, 3.05) is 0 Å². The summed E-state index contributed by atoms with van der Waals surface area (Å²) >= 11 is 0. The Bertz CT molecular complexity index is 475. The van der Waals surface area contributed by atoms with Crippen LogP contribution in [0.3, 0.4) is 0 Å². The summed E-state index contributed by atoms with van der Waals surface area (Å²) in [6, 6.07) is 1.12. The largest absolute Gasteiger partial charge is 0.461 e. The van der Waals surface area contributed by atoms with Gasteiger partial charge in [0.25, 0.3) is 0 Å². The van der Waals surface area contributed by atoms with E-state index in [1.165, 1.54) is 0 Å². The molecule has 2 aromatic rings. The lowest BCUT2D eigenvalue weighted by Gasteiger charge is -2.08. The Kier molecular flexibility index (Phi) is 2.76. The molecule has 2 unspecified atom stereocenters. The molecule has 2 atom stereocenters. The van der Waals surface area contributed by atoms with Crippen molar-refractivity contribution in [3.8, 4) is 11.6 Å². The van der Waals surface area contributed by atoms with Crippen LogP contribution in [0.5, 0.6) is 0 Å². The van der Waals surface area contributed by atoms with Gasteiger partial charge in [-0.1, -0.05) is 5.16 Å². The minimum Gasteiger partial charge on any atom is -0.461 e. The average Bonchev–Trinajstić information content (AvgIpc) is 2.84. The van der Waals surface area contributed by atoms with Gasteiger partial charge in [-0.3, -0.25) is 0 Å². The molecule has 0 bridgehead atoms. The summed E-state index contributed by atoms with van der Waals surface area (Å²) in [6.45, 7) is 3.44. The van der Waals surface area contributed by atoms with Gasteiger partial charge in [-0.05, 0) is 25.5 Å². The zero-order chi connectivity index (χ0) is 11.7. The van der Waals surface area contributed by atoms with Gasteiger partial charge in [-0.2, -0.15) is 4.98 Å². The van der Waals surface area contributed by atoms with Gasteiger partial charge in [0.1, 0.15) is 6.04 Å². The second-order valence-corrected chi connectivity index (χ2v) is 3.66. The SMILES string of the molecule is Cc1ccoc1-c1noc(C(N)C(C)O)n1. The van der Waals surface area contributed by atoms with Crippen LogP contribution in [-0.4, -0.2) is 21.4 Å². The highest BCUT2D eigenvalue weighted by molar-refractivity contribution is 5.51. The topological polar surface area (TPSA) is 98.3 Å². The Morgan fingerprint density at radius 2 is 2.25 bits per heavy atom. The monoisotopic (exact) mass is 223 g/mol. The summed E-state index contributed by atoms with van der Waals surface area (Å²) < 4.78 is 10.2. The normalized spacial score (nSPS) is 15.0. The zero-order valence-corrected chi connectivity index (χ0v) is 9.04. The first-order valence-electron chi connectivity index (χ1n) is 4.91. The number of nitrogens with two attached hydrogens (primary N) is 1. The van der Waals surface area contributed by atoms with Gasteiger partial charge in [0.15, 0.2) is 5.76 Å². The van der Waals surface area contributed by atoms with Gasteiger partial charge < -0.3 is 19.8 Å². The van der Waals surface area contributed by atoms with Crippen molar-refractivity contribution in [1.29, 1.82) is 0 Å². The molecule has 6 heteroatoms. The van der Waals surface area contributed by atoms with Crippen molar-refractivity contribution in [2.24, 2.45) is 5.73 Å². The molecule has 2 aromatic heterocycles. The lowest BCUT2D eigenvalue weighted by Crippen LogP contribution is -2.23. The van der Waals surface area contributed by atoms with E-state index in [1.807, 2.05) is 6.92 Å². The van der Waals surface area contributed by atoms with Crippen LogP contribution in [0.2, 0.25) is 0 Å². The van der Waals surface area contributed by atoms with Gasteiger partial charge >= 0.3 is 0 Å². The third kappa shape index (κ3) is 1.84. The van der Waals surface area contributed by atoms with E-state index in [0.717, 1.165) is 5.56 Å². The minimum atomic E-state index is -0.744. The fourth-order valence-corrected chi connectivity index (χ4v) is 1.27. The van der Waals surface area contributed by atoms with Crippen molar-refractivity contribution in [2.45, 2.75) is 26.0 Å². The lowest BCUT2D eigenvalue weighted by molar-refractivity contribution is 0.146. The van der Waals surface area contributed by atoms with Gasteiger partial charge in [-0.15, -0.1) is 0 Å². The Hall–Kier alpha value is -1.66. The van der Waals surface area contributed by atoms with Crippen LogP contribution in [0.25, 0.3) is 11.6 Å². The van der Waals surface area contributed by atoms with E-state index in [2.05, 4.69) is 10.1 Å². The fraction of sp³-hybridized carbons (Fsp3) is 0.400. The quantitative estimate of drug-likeness (QED) is 0.806. The summed E-state index contributed by atoms with van der Waals surface area (Å²) in [6.07, 6.45) is 0.806. The summed E-state index contributed by atoms with van der Waals surface area (Å²) in [5, 5.41) is 13.0. The maximum Gasteiger partial charge on any atom is 0.246 e. The Morgan fingerprint density at radius 3 is 2.81 bits per heavy atom. The van der Waals surface area contributed by atoms with Gasteiger partial charge in [-0.25, -0.2) is 0 Å². The number of rotatable bonds is 3. The van der Waals surface area contributed by atoms with Crippen LogP contribution in [0.15, 0.2) is 21.3 Å². The molecule has 0 aromatic carbocycles. The molecule has 6 nitrogen and oxygen atoms in total. The smallest absolute Gasteiger partial charge is 0.246 e. The molecule has 0 saturated carbocycles. The minimum absolute atomic E-state index is 0.195. The molecule has 0 spiro atoms. The fourth-order valence-electron chi connectivity index (χ4n) is 1.27. The first kappa shape index (κ1) is 10.8. The molecule has 16 heavy (non-hydrogen) atoms. The number of nitrogens with zero attached hydrogens (tertiary/aromatic N) is 2. The number of furan rings is 1. The van der Waals surface area contributed by atoms with E-state index in [4.69, 9.17) is 14.7 Å². The van der Waals surface area contributed by atoms with Crippen molar-refractivity contribution >= 4 is 0 Å². The zero-order valence-electron chi connectivity index (χ0n) is 9.04. The first-order chi connectivity index (χ1) is 7.59. The number of hydrogen-bond donors (Lipinski definition) is 2. The highest BCUT2D eigenvalue weighted by Gasteiger charge is 2.21. The van der Waals surface area contributed by atoms with Gasteiger partial charge in [0, 0.05) is 0 Å². The van der Waals surface area contributed by atoms with Crippen LogP contribution in [0, 0.1) is 6.92 Å². The molecule has 0 aliphatic rings. The van der Waals surface area contributed by atoms with Crippen molar-refractivity contribution < 1.29 is 14.0 Å². The van der Waals surface area contributed by atoms with Crippen LogP contribution in [0.4, 0.5) is 0 Å². The van der Waals surface area contributed by atoms with Crippen LogP contribution in [-0.2, 0) is 0 Å². The average molecular weight is 223 g/mol. The number of aryl methyl sites for hydroxylation is 1. The predicted molar refractivity (Wildman–Crippen MR) is 55.3 cm³/mol. The van der Waals surface area contributed by atoms with E-state index in [-0.39, 0.29) is 5.89 Å². The number of aliphatic hydroxyl groups is 1. The van der Waals surface area contributed by atoms with E-state index in [9.17, 15) is 5.11 Å². The molecule has 3 N–H and O–H groups in total. The Balaban J connectivity index is 2.30. The molecule has 0 aliphatic heterocycles. The van der Waals surface area contributed by atoms with Gasteiger partial charge in [0.2, 0.25) is 11.7 Å². The number of aromatic nitrogens is 2. The third-order valence-electron chi connectivity index (χ3n) is 2.31. The molecule has 2 heterocycles. The van der Waals surface area contributed by atoms with Crippen LogP contribution < -0.4 is 5.73 Å². The maximum atomic E-state index is 9.29. The number of hydrogen-bond acceptors (Lipinski definition) is 6. The first-order valence-corrected chi connectivity index (χ1v) is 4.91. The van der Waals surface area contributed by atoms with E-state index < -0.39 is 12.1 Å². The van der Waals surface area contributed by atoms with E-state index >= 15 is 0 Å². The molecule has 0 radical (unpaired) electrons. The molecule has 86 valence electrons. The highest BCUT2D eigenvalue weighted by Crippen LogP contribution is 2.22. The molecule has 0 fully saturated rings. The van der Waals surface area contributed by atoms with Crippen molar-refractivity contribution in [1.82, 2.24) is 10.1 Å². The van der Waals surface area contributed by atoms with E-state index in [0.29, 0.717) is 11.6 Å². The highest BCUT2D eigenvalue weighted by atomic mass is 16.5. The van der Waals surface area contributed by atoms with Crippen LogP contribution >= 0.6 is 0 Å². The Labute approximate surface area is 92.1 Å². The molecular formula is C10H13N3O3. The standard InChI is InChI=1S/C10H13N3O3/c1-5-3-4-15-8(5)9-12-10(16-13-9)7(11)6(2)14/h3-4,6-7,14H,11H2,1-2H3. The predicted octanol–water partition coefficient (Wildman–Crippen LogP) is 1.02. The number of aliphatic hydroxyl groups excluding tert-OH is 1. The van der Waals surface area contributed by atoms with E-state index in [1.54, 1.807) is 19.3 Å². The summed E-state index contributed by atoms with van der Waals surface area (Å²) in [5.74, 6) is 1.09. The molecule has 0 aliphatic carbocycles. The summed E-state index contributed by atoms with van der Waals surface area (Å²) in [7, 11) is 0. The third-order valence-corrected chi connectivity index (χ3v) is 2.31. The Morgan fingerprint density at radius 1 is 1.50 bits per heavy atom. The maximum absolute atomic E-state index is 9.29. The molecule has 0 saturated heterocycles. The summed E-state index contributed by atoms with van der Waals surface area (Å²) in [4.78, 5) is 4.08. The lowest BCUT2D eigenvalue weighted by atomic mass is 10.2. The van der Waals surface area contributed by atoms with Crippen molar-refractivity contribution in [3.63, 3.8) is 0 Å². The molecule has 2 rings (SSSR count). The van der Waals surface area contributed by atoms with Crippen molar-refractivity contribution in [3.05, 3.63) is 23.8 Å². The summed E-state index contributed by atoms with van der Waals surface area (Å²) in [5.41, 5.74) is 6.58. The van der Waals surface area contributed by atoms with Crippen LogP contribution in [0.1, 0.15) is 24.4 Å². The molecular weight excluding hydrogens is 210 g/mol. The van der Waals surface area contributed by atoms with Gasteiger partial charge in [0.05, 0.1) is 12.4 Å². The second-order valence-electron chi connectivity index (χ2n) is 3.66.